The molecule has 0 spiro atoms. The second-order valence-electron chi connectivity index (χ2n) is 6.56. The van der Waals surface area contributed by atoms with Gasteiger partial charge in [0.15, 0.2) is 5.76 Å². The Morgan fingerprint density at radius 1 is 1.29 bits per heavy atom. The fourth-order valence-electron chi connectivity index (χ4n) is 3.63. The van der Waals surface area contributed by atoms with E-state index >= 15 is 0 Å². The smallest absolute Gasteiger partial charge is 0.248 e. The molecule has 1 atom stereocenters. The number of piperidine rings is 1. The number of hydrogen-bond acceptors (Lipinski definition) is 5. The van der Waals surface area contributed by atoms with E-state index in [-0.39, 0.29) is 34.9 Å². The zero-order chi connectivity index (χ0) is 17.5. The summed E-state index contributed by atoms with van der Waals surface area (Å²) in [5, 5.41) is 3.71. The van der Waals surface area contributed by atoms with Crippen LogP contribution in [0.1, 0.15) is 30.7 Å². The van der Waals surface area contributed by atoms with Gasteiger partial charge in [-0.1, -0.05) is 5.16 Å². The van der Waals surface area contributed by atoms with Gasteiger partial charge in [0, 0.05) is 38.0 Å². The average molecular weight is 359 g/mol. The average Bonchev–Trinajstić information content (AvgIpc) is 3.10. The first kappa shape index (κ1) is 17.3. The predicted molar refractivity (Wildman–Crippen MR) is 83.6 cm³/mol. The monoisotopic (exact) mass is 359 g/mol. The highest BCUT2D eigenvalue weighted by molar-refractivity contribution is 7.89. The quantitative estimate of drug-likeness (QED) is 0.808. The van der Waals surface area contributed by atoms with Crippen LogP contribution in [0.25, 0.3) is 0 Å². The van der Waals surface area contributed by atoms with E-state index in [0.717, 1.165) is 0 Å². The lowest BCUT2D eigenvalue weighted by atomic mass is 10.1. The lowest BCUT2D eigenvalue weighted by Crippen LogP contribution is -2.47. The fraction of sp³-hybridized carbons (Fsp3) is 0.733. The molecule has 0 saturated carbocycles. The Labute approximate surface area is 140 Å². The summed E-state index contributed by atoms with van der Waals surface area (Å²) in [4.78, 5) is 13.9. The van der Waals surface area contributed by atoms with Crippen molar-refractivity contribution in [1.29, 1.82) is 0 Å². The molecule has 1 unspecified atom stereocenters. The molecule has 1 amide bonds. The van der Waals surface area contributed by atoms with Crippen molar-refractivity contribution in [2.45, 2.75) is 44.0 Å². The molecule has 1 aromatic rings. The number of carbonyl (C=O) groups is 1. The van der Waals surface area contributed by atoms with Crippen molar-refractivity contribution in [2.24, 2.45) is 5.92 Å². The molecule has 9 heteroatoms. The third-order valence-electron chi connectivity index (χ3n) is 4.89. The van der Waals surface area contributed by atoms with Gasteiger partial charge >= 0.3 is 0 Å². The second kappa shape index (κ2) is 6.44. The van der Waals surface area contributed by atoms with E-state index in [1.807, 2.05) is 0 Å². The summed E-state index contributed by atoms with van der Waals surface area (Å²) in [7, 11) is -3.64. The van der Waals surface area contributed by atoms with Crippen molar-refractivity contribution in [2.75, 3.05) is 26.3 Å². The van der Waals surface area contributed by atoms with Crippen LogP contribution in [0.5, 0.6) is 0 Å². The lowest BCUT2D eigenvalue weighted by molar-refractivity contribution is -0.130. The molecule has 0 aromatic carbocycles. The van der Waals surface area contributed by atoms with Crippen LogP contribution < -0.4 is 0 Å². The van der Waals surface area contributed by atoms with Crippen molar-refractivity contribution in [3.63, 3.8) is 0 Å². The molecule has 2 aliphatic rings. The minimum atomic E-state index is -3.64. The molecule has 3 rings (SSSR count). The molecule has 2 aliphatic heterocycles. The third kappa shape index (κ3) is 2.95. The van der Waals surface area contributed by atoms with Gasteiger partial charge in [0.1, 0.15) is 10.6 Å². The molecule has 7 nitrogen and oxygen atoms in total. The van der Waals surface area contributed by atoms with Crippen LogP contribution >= 0.6 is 0 Å². The maximum atomic E-state index is 12.8. The molecule has 2 saturated heterocycles. The summed E-state index contributed by atoms with van der Waals surface area (Å²) in [5.41, 5.74) is 0.357. The molecule has 24 heavy (non-hydrogen) atoms. The number of alkyl halides is 1. The van der Waals surface area contributed by atoms with Crippen molar-refractivity contribution >= 4 is 15.9 Å². The molecule has 0 N–H and O–H groups in total. The van der Waals surface area contributed by atoms with E-state index in [1.54, 1.807) is 18.7 Å². The number of sulfonamides is 1. The van der Waals surface area contributed by atoms with Gasteiger partial charge in [-0.3, -0.25) is 9.18 Å². The Bertz CT molecular complexity index is 706. The summed E-state index contributed by atoms with van der Waals surface area (Å²) < 4.78 is 44.7. The summed E-state index contributed by atoms with van der Waals surface area (Å²) in [6, 6.07) is -0.00910. The molecule has 0 bridgehead atoms. The summed E-state index contributed by atoms with van der Waals surface area (Å²) >= 11 is 0. The van der Waals surface area contributed by atoms with Gasteiger partial charge in [0.2, 0.25) is 15.9 Å². The summed E-state index contributed by atoms with van der Waals surface area (Å²) in [6.45, 7) is 3.82. The molecule has 1 aromatic heterocycles. The largest absolute Gasteiger partial charge is 0.360 e. The Morgan fingerprint density at radius 3 is 2.46 bits per heavy atom. The van der Waals surface area contributed by atoms with Crippen molar-refractivity contribution < 1.29 is 22.1 Å². The van der Waals surface area contributed by atoms with E-state index in [0.29, 0.717) is 38.2 Å². The van der Waals surface area contributed by atoms with Crippen molar-refractivity contribution in [3.05, 3.63) is 11.5 Å². The van der Waals surface area contributed by atoms with Gasteiger partial charge < -0.3 is 9.42 Å². The number of aryl methyl sites for hydroxylation is 2. The second-order valence-corrected chi connectivity index (χ2v) is 8.43. The number of rotatable bonds is 4. The van der Waals surface area contributed by atoms with Gasteiger partial charge in [-0.25, -0.2) is 8.42 Å². The normalized spacial score (nSPS) is 24.0. The van der Waals surface area contributed by atoms with Gasteiger partial charge in [-0.05, 0) is 26.7 Å². The fourth-order valence-corrected chi connectivity index (χ4v) is 5.39. The van der Waals surface area contributed by atoms with Crippen molar-refractivity contribution in [1.82, 2.24) is 14.4 Å². The third-order valence-corrected chi connectivity index (χ3v) is 7.03. The van der Waals surface area contributed by atoms with Crippen LogP contribution in [0, 0.1) is 19.8 Å². The Hall–Kier alpha value is -1.48. The van der Waals surface area contributed by atoms with Crippen LogP contribution in [0.4, 0.5) is 4.39 Å². The zero-order valence-corrected chi connectivity index (χ0v) is 14.7. The Kier molecular flexibility index (Phi) is 4.65. The Balaban J connectivity index is 1.68. The zero-order valence-electron chi connectivity index (χ0n) is 13.9. The molecule has 2 fully saturated rings. The highest BCUT2D eigenvalue weighted by atomic mass is 32.2. The molecule has 0 aliphatic carbocycles. The number of hydrogen-bond donors (Lipinski definition) is 0. The van der Waals surface area contributed by atoms with Crippen molar-refractivity contribution in [3.8, 4) is 0 Å². The summed E-state index contributed by atoms with van der Waals surface area (Å²) in [5.74, 6) is 0.0429. The van der Waals surface area contributed by atoms with Gasteiger partial charge in [-0.2, -0.15) is 4.31 Å². The molecule has 0 radical (unpaired) electrons. The minimum Gasteiger partial charge on any atom is -0.360 e. The standard InChI is InChI=1S/C15H22FN3O4S/c1-10-15(11(2)23-17-10)24(21,22)18-5-3-13(4-6-18)19-9-12(8-16)7-14(19)20/h12-13H,3-9H2,1-2H3. The van der Waals surface area contributed by atoms with E-state index in [9.17, 15) is 17.6 Å². The van der Waals surface area contributed by atoms with Crippen LogP contribution in [0.15, 0.2) is 9.42 Å². The van der Waals surface area contributed by atoms with E-state index < -0.39 is 16.7 Å². The van der Waals surface area contributed by atoms with Crippen LogP contribution in [0.2, 0.25) is 0 Å². The van der Waals surface area contributed by atoms with Gasteiger partial charge in [0.25, 0.3) is 0 Å². The minimum absolute atomic E-state index is 0.00910. The molecule has 134 valence electrons. The number of likely N-dealkylation sites (tertiary alicyclic amines) is 1. The first-order valence-electron chi connectivity index (χ1n) is 8.13. The SMILES string of the molecule is Cc1noc(C)c1S(=O)(=O)N1CCC(N2CC(CF)CC2=O)CC1. The van der Waals surface area contributed by atoms with E-state index in [4.69, 9.17) is 4.52 Å². The first-order chi connectivity index (χ1) is 11.3. The molecular weight excluding hydrogens is 337 g/mol. The maximum absolute atomic E-state index is 12.8. The first-order valence-corrected chi connectivity index (χ1v) is 9.57. The van der Waals surface area contributed by atoms with E-state index in [2.05, 4.69) is 5.16 Å². The number of aromatic nitrogens is 1. The van der Waals surface area contributed by atoms with E-state index in [1.165, 1.54) is 4.31 Å². The van der Waals surface area contributed by atoms with Gasteiger partial charge in [-0.15, -0.1) is 0 Å². The Morgan fingerprint density at radius 2 is 1.96 bits per heavy atom. The highest BCUT2D eigenvalue weighted by Gasteiger charge is 2.39. The number of amides is 1. The van der Waals surface area contributed by atoms with Gasteiger partial charge in [0.05, 0.1) is 6.67 Å². The lowest BCUT2D eigenvalue weighted by Gasteiger charge is -2.36. The topological polar surface area (TPSA) is 83.7 Å². The van der Waals surface area contributed by atoms with Crippen LogP contribution in [-0.2, 0) is 14.8 Å². The summed E-state index contributed by atoms with van der Waals surface area (Å²) in [6.07, 6.45) is 1.38. The maximum Gasteiger partial charge on any atom is 0.248 e. The predicted octanol–water partition coefficient (Wildman–Crippen LogP) is 1.26. The van der Waals surface area contributed by atoms with Crippen LogP contribution in [-0.4, -0.2) is 61.0 Å². The molecular formula is C15H22FN3O4S. The number of carbonyl (C=O) groups excluding carboxylic acids is 1. The number of halogens is 1. The number of nitrogens with zero attached hydrogens (tertiary/aromatic N) is 3. The molecule has 3 heterocycles. The highest BCUT2D eigenvalue weighted by Crippen LogP contribution is 2.29. The van der Waals surface area contributed by atoms with Crippen LogP contribution in [0.3, 0.4) is 0 Å².